The molecule has 0 radical (unpaired) electrons. The fourth-order valence-corrected chi connectivity index (χ4v) is 1.77. The van der Waals surface area contributed by atoms with E-state index in [1.54, 1.807) is 19.6 Å². The van der Waals surface area contributed by atoms with Gasteiger partial charge in [0.2, 0.25) is 5.95 Å². The summed E-state index contributed by atoms with van der Waals surface area (Å²) in [6.45, 7) is 2.72. The van der Waals surface area contributed by atoms with Crippen LogP contribution in [0.15, 0.2) is 31.1 Å². The van der Waals surface area contributed by atoms with Gasteiger partial charge in [-0.2, -0.15) is 0 Å². The Morgan fingerprint density at radius 3 is 2.70 bits per heavy atom. The van der Waals surface area contributed by atoms with Crippen molar-refractivity contribution in [3.8, 4) is 0 Å². The van der Waals surface area contributed by atoms with E-state index < -0.39 is 0 Å². The summed E-state index contributed by atoms with van der Waals surface area (Å²) in [5.41, 5.74) is 0.452. The maximum atomic E-state index is 12.1. The van der Waals surface area contributed by atoms with Crippen molar-refractivity contribution in [2.45, 2.75) is 25.9 Å². The van der Waals surface area contributed by atoms with Crippen molar-refractivity contribution in [2.24, 2.45) is 0 Å². The summed E-state index contributed by atoms with van der Waals surface area (Å²) >= 11 is 0. The predicted molar refractivity (Wildman–Crippen MR) is 75.4 cm³/mol. The van der Waals surface area contributed by atoms with Gasteiger partial charge in [-0.25, -0.2) is 15.0 Å². The Morgan fingerprint density at radius 1 is 1.40 bits per heavy atom. The molecule has 0 unspecified atom stereocenters. The van der Waals surface area contributed by atoms with Gasteiger partial charge in [-0.15, -0.1) is 0 Å². The number of aromatic nitrogens is 4. The van der Waals surface area contributed by atoms with E-state index in [9.17, 15) is 4.79 Å². The van der Waals surface area contributed by atoms with Gasteiger partial charge in [-0.3, -0.25) is 4.79 Å². The zero-order chi connectivity index (χ0) is 14.4. The van der Waals surface area contributed by atoms with Crippen LogP contribution in [-0.2, 0) is 6.54 Å². The SMILES string of the molecule is CC[C@@H](Cn1ccnc1)NC(=O)c1cnc(NC)nc1. The van der Waals surface area contributed by atoms with Gasteiger partial charge in [0.05, 0.1) is 11.9 Å². The Bertz CT molecular complexity index is 536. The average molecular weight is 274 g/mol. The third-order valence-electron chi connectivity index (χ3n) is 2.96. The summed E-state index contributed by atoms with van der Waals surface area (Å²) in [6.07, 6.45) is 9.19. The maximum absolute atomic E-state index is 12.1. The molecule has 7 heteroatoms. The molecule has 2 rings (SSSR count). The molecule has 7 nitrogen and oxygen atoms in total. The van der Waals surface area contributed by atoms with Crippen molar-refractivity contribution in [1.82, 2.24) is 24.8 Å². The van der Waals surface area contributed by atoms with E-state index in [-0.39, 0.29) is 11.9 Å². The minimum atomic E-state index is -0.167. The average Bonchev–Trinajstić information content (AvgIpc) is 2.99. The quantitative estimate of drug-likeness (QED) is 0.818. The first-order valence-electron chi connectivity index (χ1n) is 6.49. The number of anilines is 1. The Hall–Kier alpha value is -2.44. The Balaban J connectivity index is 1.97. The highest BCUT2D eigenvalue weighted by Gasteiger charge is 2.13. The number of carbonyl (C=O) groups is 1. The molecule has 0 fully saturated rings. The van der Waals surface area contributed by atoms with E-state index in [1.807, 2.05) is 17.7 Å². The zero-order valence-corrected chi connectivity index (χ0v) is 11.6. The Labute approximate surface area is 117 Å². The van der Waals surface area contributed by atoms with E-state index in [0.29, 0.717) is 18.1 Å². The lowest BCUT2D eigenvalue weighted by molar-refractivity contribution is 0.0931. The van der Waals surface area contributed by atoms with E-state index in [1.165, 1.54) is 12.4 Å². The topological polar surface area (TPSA) is 84.7 Å². The molecular formula is C13H18N6O. The monoisotopic (exact) mass is 274 g/mol. The van der Waals surface area contributed by atoms with Crippen LogP contribution in [0.5, 0.6) is 0 Å². The van der Waals surface area contributed by atoms with Crippen LogP contribution in [0.2, 0.25) is 0 Å². The lowest BCUT2D eigenvalue weighted by Crippen LogP contribution is -2.37. The van der Waals surface area contributed by atoms with Crippen LogP contribution < -0.4 is 10.6 Å². The molecule has 0 aromatic carbocycles. The second-order valence-electron chi connectivity index (χ2n) is 4.38. The molecule has 0 aliphatic rings. The molecule has 1 atom stereocenters. The summed E-state index contributed by atoms with van der Waals surface area (Å²) in [7, 11) is 1.73. The molecule has 20 heavy (non-hydrogen) atoms. The minimum Gasteiger partial charge on any atom is -0.357 e. The van der Waals surface area contributed by atoms with E-state index >= 15 is 0 Å². The molecule has 0 bridgehead atoms. The van der Waals surface area contributed by atoms with Gasteiger partial charge < -0.3 is 15.2 Å². The molecule has 0 saturated heterocycles. The van der Waals surface area contributed by atoms with Gasteiger partial charge in [0.1, 0.15) is 0 Å². The standard InChI is InChI=1S/C13H18N6O/c1-3-11(8-19-5-4-15-9-19)18-12(20)10-6-16-13(14-2)17-7-10/h4-7,9,11H,3,8H2,1-2H3,(H,18,20)(H,14,16,17)/t11-/m0/s1. The van der Waals surface area contributed by atoms with Gasteiger partial charge in [0.25, 0.3) is 5.91 Å². The number of imidazole rings is 1. The molecule has 0 aliphatic heterocycles. The summed E-state index contributed by atoms with van der Waals surface area (Å²) in [4.78, 5) is 24.2. The summed E-state index contributed by atoms with van der Waals surface area (Å²) < 4.78 is 1.94. The van der Waals surface area contributed by atoms with Crippen LogP contribution in [0.3, 0.4) is 0 Å². The van der Waals surface area contributed by atoms with Crippen molar-refractivity contribution < 1.29 is 4.79 Å². The van der Waals surface area contributed by atoms with Gasteiger partial charge in [0, 0.05) is 44.4 Å². The van der Waals surface area contributed by atoms with E-state index in [4.69, 9.17) is 0 Å². The number of carbonyl (C=O) groups excluding carboxylic acids is 1. The number of hydrogen-bond donors (Lipinski definition) is 2. The van der Waals surface area contributed by atoms with Crippen LogP contribution in [0.1, 0.15) is 23.7 Å². The minimum absolute atomic E-state index is 0.0423. The first kappa shape index (κ1) is 14.0. The lowest BCUT2D eigenvalue weighted by Gasteiger charge is -2.17. The van der Waals surface area contributed by atoms with E-state index in [0.717, 1.165) is 6.42 Å². The second-order valence-corrected chi connectivity index (χ2v) is 4.38. The molecule has 106 valence electrons. The normalized spacial score (nSPS) is 11.9. The van der Waals surface area contributed by atoms with Crippen LogP contribution in [-0.4, -0.2) is 38.5 Å². The highest BCUT2D eigenvalue weighted by atomic mass is 16.1. The summed E-state index contributed by atoms with van der Waals surface area (Å²) in [6, 6.07) is 0.0423. The molecule has 0 aliphatic carbocycles. The molecule has 2 aromatic rings. The van der Waals surface area contributed by atoms with Crippen molar-refractivity contribution in [1.29, 1.82) is 0 Å². The molecule has 2 N–H and O–H groups in total. The van der Waals surface area contributed by atoms with Gasteiger partial charge in [-0.1, -0.05) is 6.92 Å². The Kier molecular flexibility index (Phi) is 4.65. The highest BCUT2D eigenvalue weighted by molar-refractivity contribution is 5.93. The molecule has 2 heterocycles. The number of nitrogens with one attached hydrogen (secondary N) is 2. The van der Waals surface area contributed by atoms with Crippen molar-refractivity contribution in [2.75, 3.05) is 12.4 Å². The zero-order valence-electron chi connectivity index (χ0n) is 11.6. The number of nitrogens with zero attached hydrogens (tertiary/aromatic N) is 4. The van der Waals surface area contributed by atoms with Crippen LogP contribution in [0.25, 0.3) is 0 Å². The summed E-state index contributed by atoms with van der Waals surface area (Å²) in [5, 5.41) is 5.78. The van der Waals surface area contributed by atoms with Crippen LogP contribution >= 0.6 is 0 Å². The fourth-order valence-electron chi connectivity index (χ4n) is 1.77. The molecular weight excluding hydrogens is 256 g/mol. The second kappa shape index (κ2) is 6.65. The smallest absolute Gasteiger partial charge is 0.254 e. The van der Waals surface area contributed by atoms with Crippen LogP contribution in [0.4, 0.5) is 5.95 Å². The predicted octanol–water partition coefficient (Wildman–Crippen LogP) is 0.923. The van der Waals surface area contributed by atoms with Crippen molar-refractivity contribution in [3.63, 3.8) is 0 Å². The third-order valence-corrected chi connectivity index (χ3v) is 2.96. The van der Waals surface area contributed by atoms with Gasteiger partial charge in [-0.05, 0) is 6.42 Å². The van der Waals surface area contributed by atoms with Crippen LogP contribution in [0, 0.1) is 0 Å². The van der Waals surface area contributed by atoms with Crippen molar-refractivity contribution in [3.05, 3.63) is 36.7 Å². The largest absolute Gasteiger partial charge is 0.357 e. The number of amides is 1. The Morgan fingerprint density at radius 2 is 2.15 bits per heavy atom. The fraction of sp³-hybridized carbons (Fsp3) is 0.385. The first-order chi connectivity index (χ1) is 9.72. The summed E-state index contributed by atoms with van der Waals surface area (Å²) in [5.74, 6) is 0.326. The van der Waals surface area contributed by atoms with Crippen molar-refractivity contribution >= 4 is 11.9 Å². The van der Waals surface area contributed by atoms with Gasteiger partial charge >= 0.3 is 0 Å². The lowest BCUT2D eigenvalue weighted by atomic mass is 10.2. The molecule has 1 amide bonds. The van der Waals surface area contributed by atoms with Gasteiger partial charge in [0.15, 0.2) is 0 Å². The maximum Gasteiger partial charge on any atom is 0.254 e. The highest BCUT2D eigenvalue weighted by Crippen LogP contribution is 2.02. The first-order valence-corrected chi connectivity index (χ1v) is 6.49. The number of rotatable bonds is 6. The molecule has 0 spiro atoms. The molecule has 2 aromatic heterocycles. The van der Waals surface area contributed by atoms with E-state index in [2.05, 4.69) is 25.6 Å². The third kappa shape index (κ3) is 3.53. The number of hydrogen-bond acceptors (Lipinski definition) is 5. The molecule has 0 saturated carbocycles.